The third-order valence-corrected chi connectivity index (χ3v) is 5.84. The summed E-state index contributed by atoms with van der Waals surface area (Å²) in [4.78, 5) is 17.6. The highest BCUT2D eigenvalue weighted by atomic mass is 16.2. The Kier molecular flexibility index (Phi) is 5.97. The third kappa shape index (κ3) is 5.18. The lowest BCUT2D eigenvalue weighted by molar-refractivity contribution is -0.127. The van der Waals surface area contributed by atoms with Gasteiger partial charge in [-0.3, -0.25) is 9.69 Å². The number of hydrogen-bond acceptors (Lipinski definition) is 3. The molecule has 4 nitrogen and oxygen atoms in total. The molecule has 2 heterocycles. The molecule has 0 spiro atoms. The Hall–Kier alpha value is -0.610. The number of nitrogens with one attached hydrogen (secondary N) is 1. The Morgan fingerprint density at radius 1 is 1.09 bits per heavy atom. The van der Waals surface area contributed by atoms with Gasteiger partial charge in [0.1, 0.15) is 0 Å². The Bertz CT molecular complexity index is 386. The van der Waals surface area contributed by atoms with Crippen LogP contribution < -0.4 is 5.32 Å². The Labute approximate surface area is 142 Å². The normalized spacial score (nSPS) is 28.2. The number of rotatable bonds is 6. The topological polar surface area (TPSA) is 35.6 Å². The smallest absolute Gasteiger partial charge is 0.224 e. The van der Waals surface area contributed by atoms with Crippen molar-refractivity contribution in [2.24, 2.45) is 11.8 Å². The summed E-state index contributed by atoms with van der Waals surface area (Å²) >= 11 is 0. The molecule has 132 valence electrons. The minimum atomic E-state index is 0.239. The maximum Gasteiger partial charge on any atom is 0.224 e. The van der Waals surface area contributed by atoms with Gasteiger partial charge in [0.15, 0.2) is 0 Å². The zero-order valence-corrected chi connectivity index (χ0v) is 15.1. The van der Waals surface area contributed by atoms with Gasteiger partial charge in [0.05, 0.1) is 5.92 Å². The molecular formula is C19H35N3O. The second-order valence-electron chi connectivity index (χ2n) is 8.37. The first-order valence-electron chi connectivity index (χ1n) is 9.88. The van der Waals surface area contributed by atoms with Gasteiger partial charge in [0.2, 0.25) is 5.91 Å². The van der Waals surface area contributed by atoms with E-state index in [0.29, 0.717) is 18.0 Å². The minimum Gasteiger partial charge on any atom is -0.353 e. The lowest BCUT2D eigenvalue weighted by atomic mass is 9.93. The van der Waals surface area contributed by atoms with Crippen molar-refractivity contribution in [1.82, 2.24) is 15.1 Å². The first kappa shape index (κ1) is 17.2. The van der Waals surface area contributed by atoms with Gasteiger partial charge < -0.3 is 10.2 Å². The predicted molar refractivity (Wildman–Crippen MR) is 94.4 cm³/mol. The highest BCUT2D eigenvalue weighted by Gasteiger charge is 2.33. The molecule has 0 aromatic heterocycles. The molecule has 0 bridgehead atoms. The zero-order valence-electron chi connectivity index (χ0n) is 15.1. The van der Waals surface area contributed by atoms with E-state index in [0.717, 1.165) is 18.9 Å². The van der Waals surface area contributed by atoms with Crippen LogP contribution in [0.3, 0.4) is 0 Å². The molecule has 0 radical (unpaired) electrons. The second-order valence-corrected chi connectivity index (χ2v) is 8.37. The molecule has 0 unspecified atom stereocenters. The molecule has 1 aliphatic carbocycles. The van der Waals surface area contributed by atoms with Gasteiger partial charge in [-0.05, 0) is 77.0 Å². The molecule has 0 aromatic rings. The SMILES string of the molecule is CC(C)CCN1CCC(N2CCC[C@H](C(=O)NC3CC3)C2)CC1. The van der Waals surface area contributed by atoms with Crippen LogP contribution >= 0.6 is 0 Å². The van der Waals surface area contributed by atoms with Crippen molar-refractivity contribution >= 4 is 5.91 Å². The van der Waals surface area contributed by atoms with Gasteiger partial charge in [0, 0.05) is 18.6 Å². The molecule has 23 heavy (non-hydrogen) atoms. The molecule has 4 heteroatoms. The van der Waals surface area contributed by atoms with Crippen LogP contribution in [0.2, 0.25) is 0 Å². The van der Waals surface area contributed by atoms with E-state index in [1.54, 1.807) is 0 Å². The van der Waals surface area contributed by atoms with Gasteiger partial charge in [-0.1, -0.05) is 13.8 Å². The molecule has 1 saturated carbocycles. The van der Waals surface area contributed by atoms with Crippen LogP contribution in [0.25, 0.3) is 0 Å². The molecular weight excluding hydrogens is 286 g/mol. The van der Waals surface area contributed by atoms with Crippen LogP contribution in [0.4, 0.5) is 0 Å². The van der Waals surface area contributed by atoms with Crippen LogP contribution in [0.5, 0.6) is 0 Å². The molecule has 2 saturated heterocycles. The maximum atomic E-state index is 12.3. The highest BCUT2D eigenvalue weighted by Crippen LogP contribution is 2.26. The molecule has 3 aliphatic rings. The summed E-state index contributed by atoms with van der Waals surface area (Å²) < 4.78 is 0. The van der Waals surface area contributed by atoms with Gasteiger partial charge in [-0.2, -0.15) is 0 Å². The van der Waals surface area contributed by atoms with E-state index in [2.05, 4.69) is 29.0 Å². The zero-order chi connectivity index (χ0) is 16.2. The monoisotopic (exact) mass is 321 g/mol. The van der Waals surface area contributed by atoms with E-state index in [1.165, 1.54) is 64.7 Å². The number of nitrogens with zero attached hydrogens (tertiary/aromatic N) is 2. The summed E-state index contributed by atoms with van der Waals surface area (Å²) in [6.45, 7) is 10.6. The molecule has 1 N–H and O–H groups in total. The predicted octanol–water partition coefficient (Wildman–Crippen LogP) is 2.49. The summed E-state index contributed by atoms with van der Waals surface area (Å²) in [5, 5.41) is 3.21. The Balaban J connectivity index is 1.41. The average Bonchev–Trinajstić information content (AvgIpc) is 3.37. The average molecular weight is 322 g/mol. The lowest BCUT2D eigenvalue weighted by Crippen LogP contribution is -2.51. The van der Waals surface area contributed by atoms with Crippen LogP contribution in [0.1, 0.15) is 58.8 Å². The first-order valence-corrected chi connectivity index (χ1v) is 9.88. The fourth-order valence-corrected chi connectivity index (χ4v) is 4.05. The number of carbonyl (C=O) groups excluding carboxylic acids is 1. The van der Waals surface area contributed by atoms with Crippen molar-refractivity contribution in [3.63, 3.8) is 0 Å². The van der Waals surface area contributed by atoms with Crippen molar-refractivity contribution in [3.8, 4) is 0 Å². The Morgan fingerprint density at radius 3 is 2.48 bits per heavy atom. The van der Waals surface area contributed by atoms with Crippen LogP contribution in [-0.4, -0.2) is 60.5 Å². The van der Waals surface area contributed by atoms with Gasteiger partial charge >= 0.3 is 0 Å². The number of amides is 1. The van der Waals surface area contributed by atoms with E-state index in [-0.39, 0.29) is 5.92 Å². The standard InChI is InChI=1S/C19H35N3O/c1-15(2)7-11-21-12-8-18(9-13-21)22-10-3-4-16(14-22)19(23)20-17-5-6-17/h15-18H,3-14H2,1-2H3,(H,20,23)/t16-/m0/s1. The fraction of sp³-hybridized carbons (Fsp3) is 0.947. The van der Waals surface area contributed by atoms with Crippen molar-refractivity contribution < 1.29 is 4.79 Å². The van der Waals surface area contributed by atoms with Crippen molar-refractivity contribution in [1.29, 1.82) is 0 Å². The highest BCUT2D eigenvalue weighted by molar-refractivity contribution is 5.79. The first-order chi connectivity index (χ1) is 11.1. The van der Waals surface area contributed by atoms with E-state index < -0.39 is 0 Å². The van der Waals surface area contributed by atoms with E-state index >= 15 is 0 Å². The number of likely N-dealkylation sites (tertiary alicyclic amines) is 2. The van der Waals surface area contributed by atoms with Gasteiger partial charge in [-0.15, -0.1) is 0 Å². The van der Waals surface area contributed by atoms with Crippen molar-refractivity contribution in [2.45, 2.75) is 70.9 Å². The van der Waals surface area contributed by atoms with Crippen LogP contribution in [0, 0.1) is 11.8 Å². The number of carbonyl (C=O) groups is 1. The largest absolute Gasteiger partial charge is 0.353 e. The summed E-state index contributed by atoms with van der Waals surface area (Å²) in [5.74, 6) is 1.37. The van der Waals surface area contributed by atoms with Gasteiger partial charge in [0.25, 0.3) is 0 Å². The molecule has 2 aliphatic heterocycles. The molecule has 0 aromatic carbocycles. The molecule has 3 fully saturated rings. The summed E-state index contributed by atoms with van der Waals surface area (Å²) in [6, 6.07) is 1.21. The molecule has 1 atom stereocenters. The number of hydrogen-bond donors (Lipinski definition) is 1. The van der Waals surface area contributed by atoms with Crippen LogP contribution in [-0.2, 0) is 4.79 Å². The van der Waals surface area contributed by atoms with Gasteiger partial charge in [-0.25, -0.2) is 0 Å². The fourth-order valence-electron chi connectivity index (χ4n) is 4.05. The summed E-state index contributed by atoms with van der Waals surface area (Å²) in [7, 11) is 0. The lowest BCUT2D eigenvalue weighted by Gasteiger charge is -2.42. The number of piperidine rings is 2. The third-order valence-electron chi connectivity index (χ3n) is 5.84. The van der Waals surface area contributed by atoms with E-state index in [4.69, 9.17) is 0 Å². The van der Waals surface area contributed by atoms with E-state index in [1.807, 2.05) is 0 Å². The summed E-state index contributed by atoms with van der Waals surface area (Å²) in [5.41, 5.74) is 0. The molecule has 3 rings (SSSR count). The van der Waals surface area contributed by atoms with Crippen LogP contribution in [0.15, 0.2) is 0 Å². The van der Waals surface area contributed by atoms with E-state index in [9.17, 15) is 4.79 Å². The maximum absolute atomic E-state index is 12.3. The second kappa shape index (κ2) is 7.98. The minimum absolute atomic E-state index is 0.239. The van der Waals surface area contributed by atoms with Crippen molar-refractivity contribution in [3.05, 3.63) is 0 Å². The molecule has 1 amide bonds. The quantitative estimate of drug-likeness (QED) is 0.816. The summed E-state index contributed by atoms with van der Waals surface area (Å²) in [6.07, 6.45) is 8.55. The Morgan fingerprint density at radius 2 is 1.83 bits per heavy atom. The van der Waals surface area contributed by atoms with Crippen molar-refractivity contribution in [2.75, 3.05) is 32.7 Å².